The van der Waals surface area contributed by atoms with Crippen LogP contribution in [-0.4, -0.2) is 43.3 Å². The number of aromatic nitrogens is 2. The van der Waals surface area contributed by atoms with Crippen LogP contribution in [0.25, 0.3) is 0 Å². The lowest BCUT2D eigenvalue weighted by atomic mass is 10.5. The summed E-state index contributed by atoms with van der Waals surface area (Å²) in [6, 6.07) is 1.54. The van der Waals surface area contributed by atoms with Crippen molar-refractivity contribution >= 4 is 17.4 Å². The molecule has 5 nitrogen and oxygen atoms in total. The van der Waals surface area contributed by atoms with Crippen LogP contribution >= 0.6 is 11.6 Å². The Balaban J connectivity index is 2.37. The fraction of sp³-hybridized carbons (Fsp3) is 0.600. The van der Waals surface area contributed by atoms with Crippen molar-refractivity contribution in [2.45, 2.75) is 13.0 Å². The summed E-state index contributed by atoms with van der Waals surface area (Å²) in [5.74, 6) is 0.948. The molecule has 0 spiro atoms. The Labute approximate surface area is 108 Å². The van der Waals surface area contributed by atoms with Gasteiger partial charge in [-0.25, -0.2) is 18.7 Å². The summed E-state index contributed by atoms with van der Waals surface area (Å²) in [5.41, 5.74) is 0. The second-order valence-corrected chi connectivity index (χ2v) is 3.71. The summed E-state index contributed by atoms with van der Waals surface area (Å²) in [4.78, 5) is 8.07. The lowest BCUT2D eigenvalue weighted by Gasteiger charge is -2.08. The van der Waals surface area contributed by atoms with Crippen molar-refractivity contribution in [3.8, 4) is 0 Å². The van der Waals surface area contributed by atoms with Crippen molar-refractivity contribution in [3.05, 3.63) is 17.0 Å². The number of nitrogens with zero attached hydrogens (tertiary/aromatic N) is 2. The molecular formula is C10H14ClF2N3O2. The number of methoxy groups -OCH3 is 1. The molecule has 0 aliphatic rings. The topological polar surface area (TPSA) is 56.3 Å². The monoisotopic (exact) mass is 281 g/mol. The lowest BCUT2D eigenvalue weighted by molar-refractivity contribution is 0.0215. The first-order valence-corrected chi connectivity index (χ1v) is 5.61. The van der Waals surface area contributed by atoms with E-state index in [9.17, 15) is 8.78 Å². The Morgan fingerprint density at radius 1 is 1.44 bits per heavy atom. The molecule has 8 heteroatoms. The van der Waals surface area contributed by atoms with Crippen molar-refractivity contribution in [1.29, 1.82) is 0 Å². The van der Waals surface area contributed by atoms with Crippen molar-refractivity contribution in [2.75, 3.05) is 32.2 Å². The quantitative estimate of drug-likeness (QED) is 0.583. The minimum atomic E-state index is -2.45. The van der Waals surface area contributed by atoms with E-state index in [2.05, 4.69) is 15.3 Å². The van der Waals surface area contributed by atoms with E-state index in [1.807, 2.05) is 0 Å². The van der Waals surface area contributed by atoms with Crippen LogP contribution in [0.5, 0.6) is 0 Å². The van der Waals surface area contributed by atoms with E-state index in [-0.39, 0.29) is 18.4 Å². The fourth-order valence-electron chi connectivity index (χ4n) is 1.17. The predicted octanol–water partition coefficient (Wildman–Crippen LogP) is 1.97. The van der Waals surface area contributed by atoms with E-state index in [4.69, 9.17) is 21.1 Å². The van der Waals surface area contributed by atoms with Crippen LogP contribution in [0.4, 0.5) is 14.6 Å². The molecule has 0 aliphatic heterocycles. The van der Waals surface area contributed by atoms with Gasteiger partial charge in [-0.3, -0.25) is 0 Å². The number of hydrogen-bond acceptors (Lipinski definition) is 5. The highest BCUT2D eigenvalue weighted by atomic mass is 35.5. The van der Waals surface area contributed by atoms with Gasteiger partial charge in [-0.15, -0.1) is 0 Å². The van der Waals surface area contributed by atoms with Crippen molar-refractivity contribution in [3.63, 3.8) is 0 Å². The first-order valence-electron chi connectivity index (χ1n) is 5.24. The lowest BCUT2D eigenvalue weighted by Crippen LogP contribution is -2.14. The third-order valence-corrected chi connectivity index (χ3v) is 2.00. The Bertz CT molecular complexity index is 369. The predicted molar refractivity (Wildman–Crippen MR) is 63.1 cm³/mol. The van der Waals surface area contributed by atoms with Gasteiger partial charge in [0.25, 0.3) is 6.43 Å². The zero-order valence-corrected chi connectivity index (χ0v) is 10.6. The number of anilines is 1. The van der Waals surface area contributed by atoms with E-state index in [0.29, 0.717) is 18.2 Å². The van der Waals surface area contributed by atoms with Gasteiger partial charge in [0.2, 0.25) is 0 Å². The van der Waals surface area contributed by atoms with Gasteiger partial charge in [0.15, 0.2) is 5.82 Å². The number of hydrogen-bond donors (Lipinski definition) is 1. The molecular weight excluding hydrogens is 268 g/mol. The average molecular weight is 282 g/mol. The molecule has 0 fully saturated rings. The number of halogens is 3. The maximum atomic E-state index is 11.8. The van der Waals surface area contributed by atoms with Crippen molar-refractivity contribution < 1.29 is 18.3 Å². The van der Waals surface area contributed by atoms with Crippen LogP contribution in [0.1, 0.15) is 5.82 Å². The van der Waals surface area contributed by atoms with Gasteiger partial charge in [0.1, 0.15) is 24.2 Å². The molecule has 0 saturated carbocycles. The molecule has 1 aromatic heterocycles. The first kappa shape index (κ1) is 15.0. The molecule has 0 amide bonds. The average Bonchev–Trinajstić information content (AvgIpc) is 2.28. The molecule has 0 radical (unpaired) electrons. The third-order valence-electron chi connectivity index (χ3n) is 1.81. The Hall–Kier alpha value is -1.05. The molecule has 0 aliphatic carbocycles. The van der Waals surface area contributed by atoms with Crippen LogP contribution in [0, 0.1) is 0 Å². The summed E-state index contributed by atoms with van der Waals surface area (Å²) in [6.07, 6.45) is -2.45. The molecule has 0 bridgehead atoms. The second-order valence-electron chi connectivity index (χ2n) is 3.32. The summed E-state index contributed by atoms with van der Waals surface area (Å²) in [5, 5.41) is 3.18. The molecule has 1 rings (SSSR count). The zero-order chi connectivity index (χ0) is 13.4. The fourth-order valence-corrected chi connectivity index (χ4v) is 1.37. The second kappa shape index (κ2) is 8.12. The number of ether oxygens (including phenoxy) is 2. The minimum absolute atomic E-state index is 0.158. The van der Waals surface area contributed by atoms with Crippen LogP contribution in [0.3, 0.4) is 0 Å². The molecule has 18 heavy (non-hydrogen) atoms. The molecule has 102 valence electrons. The molecule has 1 aromatic rings. The van der Waals surface area contributed by atoms with E-state index in [0.717, 1.165) is 0 Å². The van der Waals surface area contributed by atoms with Gasteiger partial charge < -0.3 is 14.8 Å². The largest absolute Gasteiger partial charge is 0.377 e. The highest BCUT2D eigenvalue weighted by Crippen LogP contribution is 2.11. The van der Waals surface area contributed by atoms with E-state index in [1.165, 1.54) is 13.2 Å². The van der Waals surface area contributed by atoms with Gasteiger partial charge in [0.05, 0.1) is 6.61 Å². The van der Waals surface area contributed by atoms with Crippen LogP contribution in [0.15, 0.2) is 6.07 Å². The summed E-state index contributed by atoms with van der Waals surface area (Å²) < 4.78 is 33.2. The molecule has 0 unspecified atom stereocenters. The Morgan fingerprint density at radius 3 is 2.89 bits per heavy atom. The number of nitrogens with one attached hydrogen (secondary N) is 1. The normalized spacial score (nSPS) is 10.9. The van der Waals surface area contributed by atoms with Crippen LogP contribution in [0.2, 0.25) is 5.15 Å². The van der Waals surface area contributed by atoms with E-state index in [1.54, 1.807) is 0 Å². The van der Waals surface area contributed by atoms with Gasteiger partial charge in [-0.2, -0.15) is 0 Å². The van der Waals surface area contributed by atoms with Gasteiger partial charge in [0, 0.05) is 19.7 Å². The number of rotatable bonds is 8. The van der Waals surface area contributed by atoms with E-state index >= 15 is 0 Å². The van der Waals surface area contributed by atoms with Crippen LogP contribution in [-0.2, 0) is 16.1 Å². The standard InChI is InChI=1S/C10H14ClF2N3O2/c1-17-6-10-15-7(11)4-9(16-10)14-2-3-18-5-8(12)13/h4,8H,2-3,5-6H2,1H3,(H,14,15,16). The van der Waals surface area contributed by atoms with Crippen molar-refractivity contribution in [2.24, 2.45) is 0 Å². The molecule has 1 N–H and O–H groups in total. The maximum absolute atomic E-state index is 11.8. The van der Waals surface area contributed by atoms with Gasteiger partial charge in [-0.1, -0.05) is 11.6 Å². The summed E-state index contributed by atoms with van der Waals surface area (Å²) in [7, 11) is 1.52. The molecule has 0 atom stereocenters. The van der Waals surface area contributed by atoms with Crippen molar-refractivity contribution in [1.82, 2.24) is 9.97 Å². The molecule has 0 aromatic carbocycles. The number of alkyl halides is 2. The third kappa shape index (κ3) is 6.04. The van der Waals surface area contributed by atoms with Crippen LogP contribution < -0.4 is 5.32 Å². The Morgan fingerprint density at radius 2 is 2.22 bits per heavy atom. The molecule has 0 saturated heterocycles. The smallest absolute Gasteiger partial charge is 0.261 e. The Kier molecular flexibility index (Phi) is 6.77. The molecule has 1 heterocycles. The highest BCUT2D eigenvalue weighted by Gasteiger charge is 2.04. The minimum Gasteiger partial charge on any atom is -0.377 e. The SMILES string of the molecule is COCc1nc(Cl)cc(NCCOCC(F)F)n1. The first-order chi connectivity index (χ1) is 8.61. The highest BCUT2D eigenvalue weighted by molar-refractivity contribution is 6.29. The van der Waals surface area contributed by atoms with Gasteiger partial charge in [-0.05, 0) is 0 Å². The summed E-state index contributed by atoms with van der Waals surface area (Å²) in [6.45, 7) is 0.191. The zero-order valence-electron chi connectivity index (χ0n) is 9.83. The van der Waals surface area contributed by atoms with E-state index < -0.39 is 13.0 Å². The summed E-state index contributed by atoms with van der Waals surface area (Å²) >= 11 is 5.79. The maximum Gasteiger partial charge on any atom is 0.261 e. The van der Waals surface area contributed by atoms with Gasteiger partial charge >= 0.3 is 0 Å².